The van der Waals surface area contributed by atoms with Crippen LogP contribution < -0.4 is 9.84 Å². The summed E-state index contributed by atoms with van der Waals surface area (Å²) in [5.74, 6) is 0. The Bertz CT molecular complexity index is 443. The van der Waals surface area contributed by atoms with Gasteiger partial charge in [-0.05, 0) is 12.1 Å². The molecule has 15 heavy (non-hydrogen) atoms. The first-order valence-corrected chi connectivity index (χ1v) is 5.85. The number of hydrazine groups is 1. The van der Waals surface area contributed by atoms with Gasteiger partial charge in [0.25, 0.3) is 0 Å². The van der Waals surface area contributed by atoms with Gasteiger partial charge in [-0.1, -0.05) is 18.2 Å². The van der Waals surface area contributed by atoms with Crippen molar-refractivity contribution in [2.24, 2.45) is 0 Å². The molecule has 0 aromatic heterocycles. The summed E-state index contributed by atoms with van der Waals surface area (Å²) in [5.41, 5.74) is 0.232. The Morgan fingerprint density at radius 1 is 1.33 bits per heavy atom. The molecule has 0 aliphatic heterocycles. The predicted molar refractivity (Wildman–Crippen MR) is 54.9 cm³/mol. The summed E-state index contributed by atoms with van der Waals surface area (Å²) in [4.78, 5) is 12.7. The van der Waals surface area contributed by atoms with Gasteiger partial charge in [-0.3, -0.25) is 0 Å². The number of carboxylic acid groups (broad SMARTS) is 1. The number of nitrogens with one attached hydrogen (secondary N) is 1. The number of sulfonamides is 1. The number of rotatable bonds is 3. The Morgan fingerprint density at radius 3 is 2.27 bits per heavy atom. The summed E-state index contributed by atoms with van der Waals surface area (Å²) in [6.07, 6.45) is -0.516. The molecule has 7 heteroatoms. The molecule has 1 aromatic carbocycles. The van der Waals surface area contributed by atoms with Gasteiger partial charge >= 0.3 is 6.09 Å². The Kier molecular flexibility index (Phi) is 3.28. The van der Waals surface area contributed by atoms with Gasteiger partial charge in [0.15, 0.2) is 0 Å². The van der Waals surface area contributed by atoms with Crippen molar-refractivity contribution in [2.75, 3.05) is 11.3 Å². The summed E-state index contributed by atoms with van der Waals surface area (Å²) in [6.45, 7) is 0. The van der Waals surface area contributed by atoms with Crippen molar-refractivity contribution in [1.29, 1.82) is 0 Å². The highest BCUT2D eigenvalue weighted by Crippen LogP contribution is 2.11. The topological polar surface area (TPSA) is 86.7 Å². The first-order chi connectivity index (χ1) is 6.90. The van der Waals surface area contributed by atoms with Gasteiger partial charge in [0.05, 0.1) is 11.9 Å². The lowest BCUT2D eigenvalue weighted by atomic mass is 10.3. The molecule has 0 fully saturated rings. The van der Waals surface area contributed by atoms with E-state index in [2.05, 4.69) is 0 Å². The molecule has 0 atom stereocenters. The average Bonchev–Trinajstić information content (AvgIpc) is 2.14. The minimum atomic E-state index is -3.62. The normalized spacial score (nSPS) is 11.0. The number of para-hydroxylation sites is 1. The summed E-state index contributed by atoms with van der Waals surface area (Å²) in [7, 11) is -3.62. The van der Waals surface area contributed by atoms with Gasteiger partial charge in [-0.15, -0.1) is 4.83 Å². The molecule has 0 bridgehead atoms. The fourth-order valence-electron chi connectivity index (χ4n) is 0.945. The van der Waals surface area contributed by atoms with Crippen LogP contribution in [0.25, 0.3) is 0 Å². The predicted octanol–water partition coefficient (Wildman–Crippen LogP) is 0.635. The van der Waals surface area contributed by atoms with Gasteiger partial charge in [0.1, 0.15) is 0 Å². The maximum Gasteiger partial charge on any atom is 0.427 e. The van der Waals surface area contributed by atoms with E-state index in [-0.39, 0.29) is 5.69 Å². The average molecular weight is 230 g/mol. The van der Waals surface area contributed by atoms with Crippen molar-refractivity contribution < 1.29 is 18.3 Å². The van der Waals surface area contributed by atoms with Crippen LogP contribution in [-0.4, -0.2) is 25.9 Å². The molecule has 1 aromatic rings. The van der Waals surface area contributed by atoms with Crippen LogP contribution in [0.1, 0.15) is 0 Å². The highest BCUT2D eigenvalue weighted by Gasteiger charge is 2.17. The minimum Gasteiger partial charge on any atom is -0.464 e. The number of benzene rings is 1. The molecule has 0 heterocycles. The molecule has 2 N–H and O–H groups in total. The smallest absolute Gasteiger partial charge is 0.427 e. The molecular formula is C8H10N2O4S. The molecule has 0 spiro atoms. The second-order valence-corrected chi connectivity index (χ2v) is 4.54. The van der Waals surface area contributed by atoms with E-state index in [4.69, 9.17) is 5.11 Å². The third-order valence-electron chi connectivity index (χ3n) is 1.46. The van der Waals surface area contributed by atoms with Crippen molar-refractivity contribution >= 4 is 21.8 Å². The zero-order chi connectivity index (χ0) is 11.5. The lowest BCUT2D eigenvalue weighted by Gasteiger charge is -2.18. The largest absolute Gasteiger partial charge is 0.464 e. The van der Waals surface area contributed by atoms with Crippen molar-refractivity contribution in [3.63, 3.8) is 0 Å². The number of hydrogen-bond acceptors (Lipinski definition) is 3. The number of carbonyl (C=O) groups is 1. The van der Waals surface area contributed by atoms with Crippen LogP contribution >= 0.6 is 0 Å². The lowest BCUT2D eigenvalue weighted by molar-refractivity contribution is 0.200. The Morgan fingerprint density at radius 2 is 1.87 bits per heavy atom. The second kappa shape index (κ2) is 4.28. The molecule has 82 valence electrons. The van der Waals surface area contributed by atoms with Crippen LogP contribution in [0.3, 0.4) is 0 Å². The molecule has 0 saturated heterocycles. The van der Waals surface area contributed by atoms with Gasteiger partial charge in [0, 0.05) is 0 Å². The lowest BCUT2D eigenvalue weighted by Crippen LogP contribution is -2.45. The van der Waals surface area contributed by atoms with Crippen LogP contribution in [0.5, 0.6) is 0 Å². The number of amides is 1. The van der Waals surface area contributed by atoms with Crippen molar-refractivity contribution in [3.8, 4) is 0 Å². The maximum absolute atomic E-state index is 10.9. The van der Waals surface area contributed by atoms with Gasteiger partial charge < -0.3 is 5.11 Å². The molecule has 0 aliphatic carbocycles. The van der Waals surface area contributed by atoms with E-state index in [1.165, 1.54) is 12.1 Å². The van der Waals surface area contributed by atoms with Crippen molar-refractivity contribution in [2.45, 2.75) is 0 Å². The van der Waals surface area contributed by atoms with Gasteiger partial charge in [-0.25, -0.2) is 13.2 Å². The first-order valence-electron chi connectivity index (χ1n) is 3.95. The third-order valence-corrected chi connectivity index (χ3v) is 1.98. The van der Waals surface area contributed by atoms with Crippen LogP contribution in [0.4, 0.5) is 10.5 Å². The SMILES string of the molecule is CS(=O)(=O)NN(C(=O)O)c1ccccc1. The van der Waals surface area contributed by atoms with Crippen LogP contribution in [0.15, 0.2) is 30.3 Å². The molecule has 0 unspecified atom stereocenters. The molecule has 1 rings (SSSR count). The van der Waals surface area contributed by atoms with E-state index in [1.807, 2.05) is 4.83 Å². The first kappa shape index (κ1) is 11.5. The van der Waals surface area contributed by atoms with E-state index in [1.54, 1.807) is 18.2 Å². The zero-order valence-corrected chi connectivity index (χ0v) is 8.73. The number of hydrogen-bond donors (Lipinski definition) is 2. The van der Waals surface area contributed by atoms with Crippen molar-refractivity contribution in [1.82, 2.24) is 4.83 Å². The fourth-order valence-corrected chi connectivity index (χ4v) is 1.46. The third kappa shape index (κ3) is 3.56. The highest BCUT2D eigenvalue weighted by atomic mass is 32.2. The Hall–Kier alpha value is -1.60. The summed E-state index contributed by atoms with van der Waals surface area (Å²) in [5, 5.41) is 9.33. The van der Waals surface area contributed by atoms with Gasteiger partial charge in [0.2, 0.25) is 10.0 Å². The molecule has 0 aliphatic rings. The molecule has 1 amide bonds. The molecular weight excluding hydrogens is 220 g/mol. The minimum absolute atomic E-state index is 0.232. The highest BCUT2D eigenvalue weighted by molar-refractivity contribution is 7.88. The Labute approximate surface area is 87.2 Å². The number of anilines is 1. The van der Waals surface area contributed by atoms with E-state index in [0.717, 1.165) is 6.26 Å². The molecule has 0 radical (unpaired) electrons. The van der Waals surface area contributed by atoms with E-state index >= 15 is 0 Å². The standard InChI is InChI=1S/C8H10N2O4S/c1-15(13,14)9-10(8(11)12)7-5-3-2-4-6-7/h2-6,9H,1H3,(H,11,12). The van der Waals surface area contributed by atoms with E-state index in [9.17, 15) is 13.2 Å². The molecule has 0 saturated carbocycles. The quantitative estimate of drug-likeness (QED) is 0.746. The van der Waals surface area contributed by atoms with Crippen LogP contribution in [0, 0.1) is 0 Å². The Balaban J connectivity index is 3.00. The summed E-state index contributed by atoms with van der Waals surface area (Å²) >= 11 is 0. The monoisotopic (exact) mass is 230 g/mol. The molecule has 6 nitrogen and oxygen atoms in total. The summed E-state index contributed by atoms with van der Waals surface area (Å²) in [6, 6.07) is 7.87. The van der Waals surface area contributed by atoms with Crippen molar-refractivity contribution in [3.05, 3.63) is 30.3 Å². The zero-order valence-electron chi connectivity index (χ0n) is 7.91. The number of nitrogens with zero attached hydrogens (tertiary/aromatic N) is 1. The fraction of sp³-hybridized carbons (Fsp3) is 0.125. The van der Waals surface area contributed by atoms with Gasteiger partial charge in [-0.2, -0.15) is 5.01 Å². The van der Waals surface area contributed by atoms with E-state index in [0.29, 0.717) is 5.01 Å². The van der Waals surface area contributed by atoms with Crippen LogP contribution in [0.2, 0.25) is 0 Å². The van der Waals surface area contributed by atoms with Crippen LogP contribution in [-0.2, 0) is 10.0 Å². The van der Waals surface area contributed by atoms with E-state index < -0.39 is 16.1 Å². The maximum atomic E-state index is 10.9. The summed E-state index contributed by atoms with van der Waals surface area (Å²) < 4.78 is 21.8. The second-order valence-electron chi connectivity index (χ2n) is 2.82.